The van der Waals surface area contributed by atoms with Crippen LogP contribution in [-0.2, 0) is 14.4 Å². The molecule has 45 heavy (non-hydrogen) atoms. The Balaban J connectivity index is 1.46. The summed E-state index contributed by atoms with van der Waals surface area (Å²) in [5.41, 5.74) is 1.39. The van der Waals surface area contributed by atoms with Gasteiger partial charge in [-0.1, -0.05) is 49.8 Å². The number of hydrogen-bond acceptors (Lipinski definition) is 6. The largest absolute Gasteiger partial charge is 0.494 e. The second kappa shape index (κ2) is 12.2. The number of halogens is 1. The molecule has 0 aliphatic carbocycles. The lowest BCUT2D eigenvalue weighted by Gasteiger charge is -2.40. The predicted octanol–water partition coefficient (Wildman–Crippen LogP) is 5.34. The second-order valence-electron chi connectivity index (χ2n) is 12.8. The summed E-state index contributed by atoms with van der Waals surface area (Å²) in [6.45, 7) is 8.95. The van der Waals surface area contributed by atoms with Gasteiger partial charge >= 0.3 is 0 Å². The van der Waals surface area contributed by atoms with Gasteiger partial charge in [-0.25, -0.2) is 0 Å². The maximum atomic E-state index is 14.9. The van der Waals surface area contributed by atoms with Crippen LogP contribution in [-0.4, -0.2) is 75.6 Å². The van der Waals surface area contributed by atoms with E-state index in [2.05, 4.69) is 0 Å². The zero-order valence-corrected chi connectivity index (χ0v) is 27.6. The number of ether oxygens (including phenoxy) is 1. The number of carbonyl (C=O) groups excluding carboxylic acids is 3. The van der Waals surface area contributed by atoms with Crippen molar-refractivity contribution in [2.75, 3.05) is 36.1 Å². The number of benzene rings is 2. The molecule has 1 spiro atoms. The highest BCUT2D eigenvalue weighted by Crippen LogP contribution is 2.66. The first kappa shape index (κ1) is 31.7. The highest BCUT2D eigenvalue weighted by molar-refractivity contribution is 8.02. The van der Waals surface area contributed by atoms with Gasteiger partial charge in [0.2, 0.25) is 11.8 Å². The number of carbonyl (C=O) groups is 3. The number of aliphatic hydroxyl groups is 1. The van der Waals surface area contributed by atoms with Crippen LogP contribution < -0.4 is 14.5 Å². The third-order valence-electron chi connectivity index (χ3n) is 9.44. The zero-order chi connectivity index (χ0) is 32.1. The molecule has 4 aliphatic rings. The van der Waals surface area contributed by atoms with E-state index in [4.69, 9.17) is 16.3 Å². The first-order valence-corrected chi connectivity index (χ1v) is 16.8. The minimum absolute atomic E-state index is 0.154. The Morgan fingerprint density at radius 2 is 1.51 bits per heavy atom. The van der Waals surface area contributed by atoms with Crippen molar-refractivity contribution in [3.8, 4) is 5.75 Å². The van der Waals surface area contributed by atoms with Gasteiger partial charge in [-0.3, -0.25) is 14.4 Å². The van der Waals surface area contributed by atoms with E-state index in [1.165, 1.54) is 11.8 Å². The molecule has 0 aromatic heterocycles. The fourth-order valence-electron chi connectivity index (χ4n) is 7.65. The van der Waals surface area contributed by atoms with Crippen LogP contribution in [0.15, 0.2) is 72.8 Å². The minimum Gasteiger partial charge on any atom is -0.494 e. The number of likely N-dealkylation sites (tertiary alicyclic amines) is 1. The van der Waals surface area contributed by atoms with Gasteiger partial charge in [0.15, 0.2) is 0 Å². The van der Waals surface area contributed by atoms with Crippen molar-refractivity contribution in [1.82, 2.24) is 4.90 Å². The van der Waals surface area contributed by atoms with Crippen molar-refractivity contribution in [3.05, 3.63) is 77.9 Å². The molecule has 8 nitrogen and oxygen atoms in total. The molecule has 0 bridgehead atoms. The summed E-state index contributed by atoms with van der Waals surface area (Å²) in [6.07, 6.45) is 8.53. The molecular formula is C35H40ClN3O5S. The topological polar surface area (TPSA) is 90.4 Å². The lowest BCUT2D eigenvalue weighted by Crippen LogP contribution is -2.57. The number of thioether (sulfide) groups is 1. The maximum absolute atomic E-state index is 14.9. The molecule has 1 N–H and O–H groups in total. The van der Waals surface area contributed by atoms with Crippen molar-refractivity contribution in [2.24, 2.45) is 17.8 Å². The number of rotatable bonds is 8. The lowest BCUT2D eigenvalue weighted by molar-refractivity contribution is -0.142. The van der Waals surface area contributed by atoms with Crippen LogP contribution in [0.4, 0.5) is 11.4 Å². The van der Waals surface area contributed by atoms with Crippen molar-refractivity contribution < 1.29 is 24.2 Å². The molecule has 6 rings (SSSR count). The SMILES string of the molecule is CCOc1ccc(N2CC=C[C@@]3(C)S[C@]45C=CCN(c6ccc(Cl)cc6)C(=O)C4N([C@@H](CO)CC(C)C)C(=O)[C@@H]5[C@H]3C2=O)cc1. The first-order chi connectivity index (χ1) is 21.5. The van der Waals surface area contributed by atoms with Crippen molar-refractivity contribution in [3.63, 3.8) is 0 Å². The van der Waals surface area contributed by atoms with E-state index in [0.717, 1.165) is 11.4 Å². The smallest absolute Gasteiger partial charge is 0.251 e. The van der Waals surface area contributed by atoms with Crippen LogP contribution in [0.2, 0.25) is 5.02 Å². The van der Waals surface area contributed by atoms with Gasteiger partial charge in [-0.05, 0) is 74.7 Å². The quantitative estimate of drug-likeness (QED) is 0.389. The molecule has 6 atom stereocenters. The minimum atomic E-state index is -1.01. The Bertz CT molecular complexity index is 1530. The van der Waals surface area contributed by atoms with Crippen LogP contribution in [0.3, 0.4) is 0 Å². The fraction of sp³-hybridized carbons (Fsp3) is 0.457. The van der Waals surface area contributed by atoms with E-state index >= 15 is 0 Å². The number of hydrogen-bond donors (Lipinski definition) is 1. The zero-order valence-electron chi connectivity index (χ0n) is 26.1. The molecule has 10 heteroatoms. The molecule has 0 radical (unpaired) electrons. The monoisotopic (exact) mass is 649 g/mol. The number of nitrogens with zero attached hydrogens (tertiary/aromatic N) is 3. The van der Waals surface area contributed by atoms with Crippen molar-refractivity contribution in [2.45, 2.75) is 55.7 Å². The molecule has 4 aliphatic heterocycles. The van der Waals surface area contributed by atoms with E-state index in [1.807, 2.05) is 76.3 Å². The number of aliphatic hydroxyl groups excluding tert-OH is 1. The summed E-state index contributed by atoms with van der Waals surface area (Å²) < 4.78 is 3.86. The molecule has 1 unspecified atom stereocenters. The Labute approximate surface area is 274 Å². The van der Waals surface area contributed by atoms with Crippen LogP contribution >= 0.6 is 23.4 Å². The second-order valence-corrected chi connectivity index (χ2v) is 15.0. The Morgan fingerprint density at radius 1 is 0.911 bits per heavy atom. The summed E-state index contributed by atoms with van der Waals surface area (Å²) in [5.74, 6) is -1.28. The predicted molar refractivity (Wildman–Crippen MR) is 179 cm³/mol. The van der Waals surface area contributed by atoms with Gasteiger partial charge in [0.25, 0.3) is 5.91 Å². The molecule has 4 heterocycles. The van der Waals surface area contributed by atoms with Crippen molar-refractivity contribution in [1.29, 1.82) is 0 Å². The third kappa shape index (κ3) is 5.26. The normalized spacial score (nSPS) is 29.9. The summed E-state index contributed by atoms with van der Waals surface area (Å²) in [7, 11) is 0. The molecule has 0 saturated carbocycles. The van der Waals surface area contributed by atoms with Crippen LogP contribution in [0.25, 0.3) is 0 Å². The van der Waals surface area contributed by atoms with E-state index in [0.29, 0.717) is 36.8 Å². The van der Waals surface area contributed by atoms with Gasteiger partial charge in [-0.2, -0.15) is 0 Å². The van der Waals surface area contributed by atoms with Gasteiger partial charge in [0.1, 0.15) is 11.8 Å². The van der Waals surface area contributed by atoms with Crippen LogP contribution in [0, 0.1) is 17.8 Å². The van der Waals surface area contributed by atoms with Gasteiger partial charge in [0, 0.05) is 34.2 Å². The van der Waals surface area contributed by atoms with E-state index < -0.39 is 33.4 Å². The summed E-state index contributed by atoms with van der Waals surface area (Å²) >= 11 is 7.71. The fourth-order valence-corrected chi connectivity index (χ4v) is 9.92. The van der Waals surface area contributed by atoms with E-state index in [1.54, 1.807) is 39.0 Å². The molecule has 2 fully saturated rings. The average molecular weight is 650 g/mol. The van der Waals surface area contributed by atoms with Crippen LogP contribution in [0.5, 0.6) is 5.75 Å². The van der Waals surface area contributed by atoms with E-state index in [9.17, 15) is 19.5 Å². The number of amides is 3. The van der Waals surface area contributed by atoms with Crippen LogP contribution in [0.1, 0.15) is 34.1 Å². The van der Waals surface area contributed by atoms with E-state index in [-0.39, 0.29) is 30.2 Å². The van der Waals surface area contributed by atoms with Gasteiger partial charge in [0.05, 0.1) is 35.8 Å². The van der Waals surface area contributed by atoms with Crippen molar-refractivity contribution >= 4 is 52.5 Å². The lowest BCUT2D eigenvalue weighted by atomic mass is 9.74. The maximum Gasteiger partial charge on any atom is 0.251 e. The number of anilines is 2. The Morgan fingerprint density at radius 3 is 2.11 bits per heavy atom. The van der Waals surface area contributed by atoms with Gasteiger partial charge in [-0.15, -0.1) is 11.8 Å². The highest BCUT2D eigenvalue weighted by atomic mass is 35.5. The molecule has 238 valence electrons. The molecule has 2 aromatic rings. The molecular weight excluding hydrogens is 610 g/mol. The summed E-state index contributed by atoms with van der Waals surface area (Å²) in [6, 6.07) is 13.0. The average Bonchev–Trinajstić information content (AvgIpc) is 3.28. The molecule has 2 aromatic carbocycles. The highest BCUT2D eigenvalue weighted by Gasteiger charge is 2.74. The first-order valence-electron chi connectivity index (χ1n) is 15.6. The summed E-state index contributed by atoms with van der Waals surface area (Å²) in [4.78, 5) is 49.4. The third-order valence-corrected chi connectivity index (χ3v) is 11.5. The number of fused-ring (bicyclic) bond motifs is 2. The van der Waals surface area contributed by atoms with Gasteiger partial charge < -0.3 is 24.5 Å². The molecule has 2 saturated heterocycles. The Hall–Kier alpha value is -3.27. The standard InChI is InChI=1S/C35H40ClN3O5S/c1-5-44-27-14-12-25(13-15-27)37-18-6-16-34(4)28(31(37)41)29-32(42)39(26(21-40)20-22(2)3)30-33(43)38(19-7-17-35(29,30)45-34)24-10-8-23(36)9-11-24/h6-17,22,26,28-30,40H,5,18-21H2,1-4H3/t26-,28+,29+,30?,34-,35+/m1/s1. The Kier molecular flexibility index (Phi) is 8.56. The summed E-state index contributed by atoms with van der Waals surface area (Å²) in [5, 5.41) is 11.2. The molecule has 3 amide bonds.